The molecule has 1 saturated carbocycles. The first-order chi connectivity index (χ1) is 12.6. The number of thioether (sulfide) groups is 1. The van der Waals surface area contributed by atoms with Crippen LogP contribution in [0.25, 0.3) is 11.4 Å². The summed E-state index contributed by atoms with van der Waals surface area (Å²) < 4.78 is 6.77. The fraction of sp³-hybridized carbons (Fsp3) is 0.500. The standard InChI is InChI=1S/C18H25N5O2S/c1-22(13-8-4-3-5-9-13)16(24)12-26-18-21-20-17(23(18)19)14-10-6-7-11-15(14)25-2/h6-7,10-11,13H,3-5,8-9,12,19H2,1-2H3. The van der Waals surface area contributed by atoms with Gasteiger partial charge in [-0.25, -0.2) is 4.68 Å². The number of para-hydroxylation sites is 1. The second-order valence-electron chi connectivity index (χ2n) is 6.46. The van der Waals surface area contributed by atoms with E-state index in [1.807, 2.05) is 36.2 Å². The van der Waals surface area contributed by atoms with E-state index in [0.29, 0.717) is 28.5 Å². The van der Waals surface area contributed by atoms with Crippen LogP contribution in [0.5, 0.6) is 5.75 Å². The molecule has 7 nitrogen and oxygen atoms in total. The van der Waals surface area contributed by atoms with E-state index >= 15 is 0 Å². The van der Waals surface area contributed by atoms with Crippen LogP contribution in [0.15, 0.2) is 29.4 Å². The zero-order chi connectivity index (χ0) is 18.5. The van der Waals surface area contributed by atoms with E-state index in [2.05, 4.69) is 10.2 Å². The van der Waals surface area contributed by atoms with Gasteiger partial charge in [0.15, 0.2) is 5.82 Å². The number of nitrogens with zero attached hydrogens (tertiary/aromatic N) is 4. The Labute approximate surface area is 157 Å². The third-order valence-electron chi connectivity index (χ3n) is 4.85. The third kappa shape index (κ3) is 3.95. The average molecular weight is 375 g/mol. The summed E-state index contributed by atoms with van der Waals surface area (Å²) in [6.45, 7) is 0. The van der Waals surface area contributed by atoms with Gasteiger partial charge in [-0.3, -0.25) is 4.79 Å². The predicted molar refractivity (Wildman–Crippen MR) is 103 cm³/mol. The van der Waals surface area contributed by atoms with E-state index in [-0.39, 0.29) is 5.91 Å². The van der Waals surface area contributed by atoms with Gasteiger partial charge in [-0.15, -0.1) is 10.2 Å². The van der Waals surface area contributed by atoms with Gasteiger partial charge in [0.25, 0.3) is 0 Å². The van der Waals surface area contributed by atoms with E-state index in [4.69, 9.17) is 10.6 Å². The highest BCUT2D eigenvalue weighted by molar-refractivity contribution is 7.99. The minimum absolute atomic E-state index is 0.101. The van der Waals surface area contributed by atoms with Gasteiger partial charge in [0.1, 0.15) is 5.75 Å². The number of hydrogen-bond donors (Lipinski definition) is 1. The van der Waals surface area contributed by atoms with Gasteiger partial charge in [0, 0.05) is 13.1 Å². The number of methoxy groups -OCH3 is 1. The molecule has 140 valence electrons. The normalized spacial score (nSPS) is 15.0. The van der Waals surface area contributed by atoms with Gasteiger partial charge in [-0.2, -0.15) is 0 Å². The number of nitrogens with two attached hydrogens (primary N) is 1. The maximum absolute atomic E-state index is 12.5. The maximum atomic E-state index is 12.5. The van der Waals surface area contributed by atoms with Crippen molar-refractivity contribution in [2.24, 2.45) is 0 Å². The van der Waals surface area contributed by atoms with Gasteiger partial charge in [-0.1, -0.05) is 43.2 Å². The highest BCUT2D eigenvalue weighted by Crippen LogP contribution is 2.29. The molecule has 1 aromatic carbocycles. The first-order valence-corrected chi connectivity index (χ1v) is 9.82. The van der Waals surface area contributed by atoms with Crippen LogP contribution in [0.4, 0.5) is 0 Å². The fourth-order valence-corrected chi connectivity index (χ4v) is 4.07. The van der Waals surface area contributed by atoms with Crippen molar-refractivity contribution in [1.29, 1.82) is 0 Å². The fourth-order valence-electron chi connectivity index (χ4n) is 3.29. The second kappa shape index (κ2) is 8.44. The largest absolute Gasteiger partial charge is 0.496 e. The molecule has 8 heteroatoms. The van der Waals surface area contributed by atoms with E-state index in [0.717, 1.165) is 18.4 Å². The highest BCUT2D eigenvalue weighted by Gasteiger charge is 2.23. The quantitative estimate of drug-likeness (QED) is 0.617. The summed E-state index contributed by atoms with van der Waals surface area (Å²) in [4.78, 5) is 14.4. The van der Waals surface area contributed by atoms with Crippen LogP contribution in [-0.2, 0) is 4.79 Å². The van der Waals surface area contributed by atoms with Gasteiger partial charge in [-0.05, 0) is 25.0 Å². The lowest BCUT2D eigenvalue weighted by atomic mass is 9.94. The van der Waals surface area contributed by atoms with E-state index in [1.165, 1.54) is 35.7 Å². The van der Waals surface area contributed by atoms with Crippen molar-refractivity contribution >= 4 is 17.7 Å². The molecule has 1 fully saturated rings. The molecule has 0 radical (unpaired) electrons. The maximum Gasteiger partial charge on any atom is 0.233 e. The number of rotatable bonds is 6. The zero-order valence-electron chi connectivity index (χ0n) is 15.2. The van der Waals surface area contributed by atoms with Crippen molar-refractivity contribution in [2.45, 2.75) is 43.3 Å². The molecule has 26 heavy (non-hydrogen) atoms. The monoisotopic (exact) mass is 375 g/mol. The molecule has 1 aromatic heterocycles. The summed E-state index contributed by atoms with van der Waals surface area (Å²) in [5.41, 5.74) is 0.766. The second-order valence-corrected chi connectivity index (χ2v) is 7.40. The van der Waals surface area contributed by atoms with Crippen LogP contribution in [0, 0.1) is 0 Å². The van der Waals surface area contributed by atoms with Gasteiger partial charge in [0.2, 0.25) is 11.1 Å². The lowest BCUT2D eigenvalue weighted by Gasteiger charge is -2.31. The molecule has 3 rings (SSSR count). The molecule has 0 spiro atoms. The minimum Gasteiger partial charge on any atom is -0.496 e. The Morgan fingerprint density at radius 2 is 2.04 bits per heavy atom. The number of hydrogen-bond acceptors (Lipinski definition) is 6. The Bertz CT molecular complexity index is 758. The number of ether oxygens (including phenoxy) is 1. The van der Waals surface area contributed by atoms with E-state index < -0.39 is 0 Å². The average Bonchev–Trinajstić information content (AvgIpc) is 3.06. The molecule has 1 heterocycles. The van der Waals surface area contributed by atoms with Crippen molar-refractivity contribution < 1.29 is 9.53 Å². The third-order valence-corrected chi connectivity index (χ3v) is 5.78. The highest BCUT2D eigenvalue weighted by atomic mass is 32.2. The summed E-state index contributed by atoms with van der Waals surface area (Å²) >= 11 is 1.31. The molecule has 0 atom stereocenters. The van der Waals surface area contributed by atoms with Gasteiger partial charge >= 0.3 is 0 Å². The first-order valence-electron chi connectivity index (χ1n) is 8.84. The number of benzene rings is 1. The lowest BCUT2D eigenvalue weighted by molar-refractivity contribution is -0.129. The Morgan fingerprint density at radius 1 is 1.31 bits per heavy atom. The predicted octanol–water partition coefficient (Wildman–Crippen LogP) is 2.55. The van der Waals surface area contributed by atoms with Crippen LogP contribution < -0.4 is 10.6 Å². The molecule has 0 unspecified atom stereocenters. The summed E-state index contributed by atoms with van der Waals surface area (Å²) in [6, 6.07) is 7.86. The first kappa shape index (κ1) is 18.6. The molecule has 2 aromatic rings. The molecule has 0 bridgehead atoms. The van der Waals surface area contributed by atoms with E-state index in [9.17, 15) is 4.79 Å². The van der Waals surface area contributed by atoms with Crippen LogP contribution >= 0.6 is 11.8 Å². The number of aromatic nitrogens is 3. The summed E-state index contributed by atoms with van der Waals surface area (Å²) in [7, 11) is 3.50. The van der Waals surface area contributed by atoms with Crippen molar-refractivity contribution in [3.05, 3.63) is 24.3 Å². The SMILES string of the molecule is COc1ccccc1-c1nnc(SCC(=O)N(C)C2CCCCC2)n1N. The van der Waals surface area contributed by atoms with E-state index in [1.54, 1.807) is 7.11 Å². The molecule has 2 N–H and O–H groups in total. The minimum atomic E-state index is 0.101. The van der Waals surface area contributed by atoms with Gasteiger partial charge in [0.05, 0.1) is 18.4 Å². The topological polar surface area (TPSA) is 86.3 Å². The Balaban J connectivity index is 1.66. The van der Waals surface area contributed by atoms with Crippen molar-refractivity contribution in [3.8, 4) is 17.1 Å². The molecule has 0 saturated heterocycles. The Kier molecular flexibility index (Phi) is 6.03. The van der Waals surface area contributed by atoms with Crippen molar-refractivity contribution in [3.63, 3.8) is 0 Å². The molecule has 0 aliphatic heterocycles. The van der Waals surface area contributed by atoms with Crippen LogP contribution in [0.1, 0.15) is 32.1 Å². The summed E-state index contributed by atoms with van der Waals surface area (Å²) in [5.74, 6) is 7.74. The molecular formula is C18H25N5O2S. The van der Waals surface area contributed by atoms with Crippen LogP contribution in [-0.4, -0.2) is 51.6 Å². The Hall–Kier alpha value is -2.22. The number of nitrogen functional groups attached to an aromatic ring is 1. The number of carbonyl (C=O) groups excluding carboxylic acids is 1. The van der Waals surface area contributed by atoms with Crippen molar-refractivity contribution in [1.82, 2.24) is 19.8 Å². The lowest BCUT2D eigenvalue weighted by Crippen LogP contribution is -2.39. The number of amides is 1. The zero-order valence-corrected chi connectivity index (χ0v) is 16.0. The summed E-state index contributed by atoms with van der Waals surface area (Å²) in [5, 5.41) is 8.82. The summed E-state index contributed by atoms with van der Waals surface area (Å²) in [6.07, 6.45) is 5.87. The smallest absolute Gasteiger partial charge is 0.233 e. The van der Waals surface area contributed by atoms with Crippen molar-refractivity contribution in [2.75, 3.05) is 25.8 Å². The molecule has 1 amide bonds. The van der Waals surface area contributed by atoms with Crippen LogP contribution in [0.2, 0.25) is 0 Å². The molecule has 1 aliphatic carbocycles. The van der Waals surface area contributed by atoms with Gasteiger partial charge < -0.3 is 15.5 Å². The number of carbonyl (C=O) groups is 1. The molecular weight excluding hydrogens is 350 g/mol. The Morgan fingerprint density at radius 3 is 2.77 bits per heavy atom. The van der Waals surface area contributed by atoms with Crippen LogP contribution in [0.3, 0.4) is 0 Å². The molecule has 1 aliphatic rings.